The topological polar surface area (TPSA) is 32.3 Å². The number of carbonyl (C=O) groups is 1. The number of piperidine rings is 1. The minimum absolute atomic E-state index is 0.0741. The highest BCUT2D eigenvalue weighted by molar-refractivity contribution is 9.10. The van der Waals surface area contributed by atoms with Crippen LogP contribution in [0.1, 0.15) is 26.2 Å². The number of rotatable bonds is 3. The highest BCUT2D eigenvalue weighted by atomic mass is 79.9. The summed E-state index contributed by atoms with van der Waals surface area (Å²) in [6, 6.07) is 0. The monoisotopic (exact) mass is 274 g/mol. The fraction of sp³-hybridized carbons (Fsp3) is 0.909. The summed E-state index contributed by atoms with van der Waals surface area (Å²) in [6.07, 6.45) is 3.82. The van der Waals surface area contributed by atoms with E-state index in [1.165, 1.54) is 38.9 Å². The van der Waals surface area contributed by atoms with Crippen molar-refractivity contribution in [2.24, 2.45) is 5.41 Å². The number of hydrogen-bond acceptors (Lipinski definition) is 2. The number of carbonyl (C=O) groups excluding carboxylic acids is 1. The highest BCUT2D eigenvalue weighted by Gasteiger charge is 2.40. The molecule has 0 spiro atoms. The van der Waals surface area contributed by atoms with Crippen LogP contribution in [0.25, 0.3) is 0 Å². The Kier molecular flexibility index (Phi) is 3.36. The second kappa shape index (κ2) is 4.42. The fourth-order valence-electron chi connectivity index (χ4n) is 2.75. The number of alkyl halides is 1. The number of fused-ring (bicyclic) bond motifs is 2. The molecule has 0 saturated carbocycles. The van der Waals surface area contributed by atoms with Gasteiger partial charge >= 0.3 is 0 Å². The largest absolute Gasteiger partial charge is 0.355 e. The number of nitrogens with one attached hydrogen (secondary N) is 1. The van der Waals surface area contributed by atoms with Crippen LogP contribution in [0.4, 0.5) is 0 Å². The van der Waals surface area contributed by atoms with Crippen molar-refractivity contribution < 1.29 is 4.79 Å². The molecule has 2 aliphatic heterocycles. The second-order valence-corrected chi connectivity index (χ2v) is 6.34. The molecular formula is C11H19BrN2O. The molecule has 0 radical (unpaired) electrons. The lowest BCUT2D eigenvalue weighted by atomic mass is 9.81. The first-order chi connectivity index (χ1) is 7.11. The van der Waals surface area contributed by atoms with E-state index in [1.54, 1.807) is 0 Å². The molecule has 2 rings (SSSR count). The summed E-state index contributed by atoms with van der Waals surface area (Å²) in [5.74, 6) is 0.119. The van der Waals surface area contributed by atoms with Crippen molar-refractivity contribution in [3.63, 3.8) is 0 Å². The Morgan fingerprint density at radius 1 is 1.53 bits per heavy atom. The zero-order valence-corrected chi connectivity index (χ0v) is 10.8. The van der Waals surface area contributed by atoms with Crippen LogP contribution in [0.15, 0.2) is 0 Å². The molecule has 1 N–H and O–H groups in total. The van der Waals surface area contributed by atoms with Gasteiger partial charge in [-0.2, -0.15) is 0 Å². The Morgan fingerprint density at radius 3 is 3.07 bits per heavy atom. The van der Waals surface area contributed by atoms with E-state index in [1.807, 2.05) is 6.92 Å². The molecule has 0 aromatic rings. The van der Waals surface area contributed by atoms with Crippen LogP contribution in [-0.2, 0) is 4.79 Å². The second-order valence-electron chi connectivity index (χ2n) is 4.96. The molecular weight excluding hydrogens is 256 g/mol. The Morgan fingerprint density at radius 2 is 2.33 bits per heavy atom. The smallest absolute Gasteiger partial charge is 0.233 e. The average molecular weight is 275 g/mol. The Bertz CT molecular complexity index is 253. The average Bonchev–Trinajstić information content (AvgIpc) is 2.51. The Labute approximate surface area is 99.7 Å². The maximum atomic E-state index is 11.5. The summed E-state index contributed by atoms with van der Waals surface area (Å²) in [6.45, 7) is 6.39. The minimum atomic E-state index is -0.0741. The van der Waals surface area contributed by atoms with Crippen molar-refractivity contribution in [2.75, 3.05) is 26.2 Å². The standard InChI is InChI=1S/C11H19BrN2O/c1-9(12)10(15)13-7-11-3-2-5-14(8-11)6-4-11/h9H,2-8H2,1H3,(H,13,15). The van der Waals surface area contributed by atoms with E-state index in [9.17, 15) is 4.79 Å². The molecule has 2 fully saturated rings. The maximum absolute atomic E-state index is 11.5. The van der Waals surface area contributed by atoms with Gasteiger partial charge < -0.3 is 10.2 Å². The number of amides is 1. The fourth-order valence-corrected chi connectivity index (χ4v) is 2.91. The SMILES string of the molecule is CC(Br)C(=O)NCC12CCCN(CC1)C2. The molecule has 0 aromatic heterocycles. The first-order valence-electron chi connectivity index (χ1n) is 5.75. The van der Waals surface area contributed by atoms with E-state index in [0.717, 1.165) is 6.54 Å². The summed E-state index contributed by atoms with van der Waals surface area (Å²) in [5.41, 5.74) is 0.385. The van der Waals surface area contributed by atoms with Gasteiger partial charge in [0.1, 0.15) is 0 Å². The number of hydrogen-bond donors (Lipinski definition) is 1. The van der Waals surface area contributed by atoms with Crippen LogP contribution < -0.4 is 5.32 Å². The van der Waals surface area contributed by atoms with E-state index < -0.39 is 0 Å². The van der Waals surface area contributed by atoms with Gasteiger partial charge in [-0.3, -0.25) is 4.79 Å². The molecule has 3 unspecified atom stereocenters. The van der Waals surface area contributed by atoms with E-state index >= 15 is 0 Å². The predicted molar refractivity (Wildman–Crippen MR) is 64.1 cm³/mol. The zero-order chi connectivity index (χ0) is 10.9. The molecule has 0 aromatic carbocycles. The number of nitrogens with zero attached hydrogens (tertiary/aromatic N) is 1. The van der Waals surface area contributed by atoms with Gasteiger partial charge in [0.25, 0.3) is 0 Å². The van der Waals surface area contributed by atoms with Crippen molar-refractivity contribution in [3.8, 4) is 0 Å². The van der Waals surface area contributed by atoms with E-state index in [0.29, 0.717) is 5.41 Å². The summed E-state index contributed by atoms with van der Waals surface area (Å²) >= 11 is 3.29. The summed E-state index contributed by atoms with van der Waals surface area (Å²) in [7, 11) is 0. The maximum Gasteiger partial charge on any atom is 0.233 e. The molecule has 3 atom stereocenters. The lowest BCUT2D eigenvalue weighted by Gasteiger charge is -2.34. The first-order valence-corrected chi connectivity index (χ1v) is 6.67. The lowest BCUT2D eigenvalue weighted by molar-refractivity contribution is -0.120. The molecule has 1 amide bonds. The van der Waals surface area contributed by atoms with Crippen LogP contribution in [0.2, 0.25) is 0 Å². The van der Waals surface area contributed by atoms with Gasteiger partial charge in [0, 0.05) is 18.5 Å². The predicted octanol–water partition coefficient (Wildman–Crippen LogP) is 1.37. The zero-order valence-electron chi connectivity index (χ0n) is 9.26. The minimum Gasteiger partial charge on any atom is -0.355 e. The molecule has 3 nitrogen and oxygen atoms in total. The van der Waals surface area contributed by atoms with Crippen LogP contribution in [0, 0.1) is 5.41 Å². The van der Waals surface area contributed by atoms with Crippen molar-refractivity contribution in [2.45, 2.75) is 31.0 Å². The van der Waals surface area contributed by atoms with Crippen LogP contribution in [0.5, 0.6) is 0 Å². The van der Waals surface area contributed by atoms with Gasteiger partial charge in [-0.1, -0.05) is 15.9 Å². The van der Waals surface area contributed by atoms with Crippen LogP contribution >= 0.6 is 15.9 Å². The van der Waals surface area contributed by atoms with Gasteiger partial charge in [-0.15, -0.1) is 0 Å². The third kappa shape index (κ3) is 2.53. The summed E-state index contributed by atoms with van der Waals surface area (Å²) in [4.78, 5) is 13.9. The molecule has 15 heavy (non-hydrogen) atoms. The Balaban J connectivity index is 1.86. The third-order valence-corrected chi connectivity index (χ3v) is 4.11. The van der Waals surface area contributed by atoms with Gasteiger partial charge in [-0.05, 0) is 39.3 Å². The highest BCUT2D eigenvalue weighted by Crippen LogP contribution is 2.38. The molecule has 0 aliphatic carbocycles. The van der Waals surface area contributed by atoms with E-state index in [4.69, 9.17) is 0 Å². The first kappa shape index (κ1) is 11.4. The third-order valence-electron chi connectivity index (χ3n) is 3.70. The quantitative estimate of drug-likeness (QED) is 0.789. The lowest BCUT2D eigenvalue weighted by Crippen LogP contribution is -2.44. The van der Waals surface area contributed by atoms with Gasteiger partial charge in [0.05, 0.1) is 4.83 Å². The number of halogens is 1. The summed E-state index contributed by atoms with van der Waals surface area (Å²) in [5, 5.41) is 3.06. The Hall–Kier alpha value is -0.0900. The van der Waals surface area contributed by atoms with Crippen LogP contribution in [-0.4, -0.2) is 41.8 Å². The molecule has 2 heterocycles. The molecule has 2 aliphatic rings. The van der Waals surface area contributed by atoms with Crippen molar-refractivity contribution in [3.05, 3.63) is 0 Å². The van der Waals surface area contributed by atoms with Crippen molar-refractivity contribution >= 4 is 21.8 Å². The van der Waals surface area contributed by atoms with Crippen molar-refractivity contribution in [1.29, 1.82) is 0 Å². The van der Waals surface area contributed by atoms with Gasteiger partial charge in [0.15, 0.2) is 0 Å². The van der Waals surface area contributed by atoms with Gasteiger partial charge in [0.2, 0.25) is 5.91 Å². The summed E-state index contributed by atoms with van der Waals surface area (Å²) < 4.78 is 0. The van der Waals surface area contributed by atoms with Crippen molar-refractivity contribution in [1.82, 2.24) is 10.2 Å². The molecule has 86 valence electrons. The molecule has 2 saturated heterocycles. The van der Waals surface area contributed by atoms with E-state index in [-0.39, 0.29) is 10.7 Å². The van der Waals surface area contributed by atoms with Gasteiger partial charge in [-0.25, -0.2) is 0 Å². The normalized spacial score (nSPS) is 36.3. The molecule has 4 heteroatoms. The van der Waals surface area contributed by atoms with E-state index in [2.05, 4.69) is 26.1 Å². The van der Waals surface area contributed by atoms with Crippen LogP contribution in [0.3, 0.4) is 0 Å². The molecule has 2 bridgehead atoms.